The van der Waals surface area contributed by atoms with Crippen LogP contribution in [0.15, 0.2) is 11.6 Å². The molecule has 0 unspecified atom stereocenters. The van der Waals surface area contributed by atoms with E-state index in [0.717, 1.165) is 0 Å². The molecule has 5 heteroatoms. The molecule has 26 heavy (non-hydrogen) atoms. The number of ketones is 4. The first kappa shape index (κ1) is 17.8. The fourth-order valence-corrected chi connectivity index (χ4v) is 6.73. The Hall–Kier alpha value is -1.62. The monoisotopic (exact) mass is 358 g/mol. The zero-order valence-corrected chi connectivity index (χ0v) is 15.6. The zero-order valence-electron chi connectivity index (χ0n) is 15.6. The highest BCUT2D eigenvalue weighted by Gasteiger charge is 2.68. The molecule has 0 aromatic heterocycles. The van der Waals surface area contributed by atoms with Crippen LogP contribution in [0, 0.1) is 28.6 Å². The SMILES string of the molecule is CC(=O)[C@@]1(O)CC[C@H]2[C@@H]3C(=O)C(=O)C4=CC(=O)CC[C@]4(C)[C@H]3CC[C@@]21C. The van der Waals surface area contributed by atoms with E-state index in [2.05, 4.69) is 0 Å². The first-order valence-corrected chi connectivity index (χ1v) is 9.63. The Morgan fingerprint density at radius 3 is 2.38 bits per heavy atom. The first-order valence-electron chi connectivity index (χ1n) is 9.63. The Labute approximate surface area is 153 Å². The maximum atomic E-state index is 13.1. The van der Waals surface area contributed by atoms with E-state index in [4.69, 9.17) is 0 Å². The molecular formula is C21H26O5. The zero-order chi connectivity index (χ0) is 19.1. The van der Waals surface area contributed by atoms with Crippen LogP contribution in [0.4, 0.5) is 0 Å². The average molecular weight is 358 g/mol. The molecule has 140 valence electrons. The third-order valence-electron chi connectivity index (χ3n) is 8.41. The van der Waals surface area contributed by atoms with Crippen molar-refractivity contribution in [1.29, 1.82) is 0 Å². The van der Waals surface area contributed by atoms with Gasteiger partial charge in [0.25, 0.3) is 0 Å². The van der Waals surface area contributed by atoms with Crippen molar-refractivity contribution in [2.24, 2.45) is 28.6 Å². The fourth-order valence-electron chi connectivity index (χ4n) is 6.73. The van der Waals surface area contributed by atoms with Crippen LogP contribution < -0.4 is 0 Å². The lowest BCUT2D eigenvalue weighted by molar-refractivity contribution is -0.167. The molecule has 4 aliphatic carbocycles. The van der Waals surface area contributed by atoms with Gasteiger partial charge in [0.15, 0.2) is 11.6 Å². The molecule has 0 heterocycles. The number of hydrogen-bond donors (Lipinski definition) is 1. The number of hydrogen-bond acceptors (Lipinski definition) is 5. The van der Waals surface area contributed by atoms with Crippen molar-refractivity contribution in [3.8, 4) is 0 Å². The van der Waals surface area contributed by atoms with E-state index in [-0.39, 0.29) is 23.4 Å². The largest absolute Gasteiger partial charge is 0.382 e. The van der Waals surface area contributed by atoms with Crippen LogP contribution in [-0.4, -0.2) is 33.8 Å². The smallest absolute Gasteiger partial charge is 0.225 e. The Balaban J connectivity index is 1.81. The Morgan fingerprint density at radius 1 is 1.08 bits per heavy atom. The second-order valence-electron chi connectivity index (χ2n) is 9.29. The Kier molecular flexibility index (Phi) is 3.57. The normalized spacial score (nSPS) is 47.8. The van der Waals surface area contributed by atoms with Gasteiger partial charge in [0.2, 0.25) is 11.6 Å². The summed E-state index contributed by atoms with van der Waals surface area (Å²) in [6, 6.07) is 0. The third-order valence-corrected chi connectivity index (χ3v) is 8.41. The van der Waals surface area contributed by atoms with Crippen molar-refractivity contribution in [2.45, 2.75) is 64.9 Å². The van der Waals surface area contributed by atoms with Gasteiger partial charge in [-0.25, -0.2) is 0 Å². The minimum absolute atomic E-state index is 0.000525. The lowest BCUT2D eigenvalue weighted by Gasteiger charge is -2.57. The molecule has 3 fully saturated rings. The molecule has 0 radical (unpaired) electrons. The molecule has 5 nitrogen and oxygen atoms in total. The molecule has 0 aromatic carbocycles. The summed E-state index contributed by atoms with van der Waals surface area (Å²) >= 11 is 0. The highest BCUT2D eigenvalue weighted by molar-refractivity contribution is 6.46. The van der Waals surface area contributed by atoms with E-state index in [0.29, 0.717) is 44.1 Å². The highest BCUT2D eigenvalue weighted by atomic mass is 16.3. The summed E-state index contributed by atoms with van der Waals surface area (Å²) in [4.78, 5) is 50.0. The van der Waals surface area contributed by atoms with Crippen LogP contribution in [0.3, 0.4) is 0 Å². The standard InChI is InChI=1S/C21H26O5/c1-11(22)21(26)9-6-14-16-13(5-8-20(14,21)3)19(2)7-4-12(23)10-15(19)17(24)18(16)25/h10,13-14,16,26H,4-9H2,1-3H3/t13-,14-,16+,19+,20-,21-/m0/s1. The number of aliphatic hydroxyl groups is 1. The number of carbonyl (C=O) groups excluding carboxylic acids is 4. The van der Waals surface area contributed by atoms with Crippen LogP contribution in [0.5, 0.6) is 0 Å². The van der Waals surface area contributed by atoms with E-state index in [9.17, 15) is 24.3 Å². The van der Waals surface area contributed by atoms with Gasteiger partial charge in [-0.05, 0) is 56.9 Å². The van der Waals surface area contributed by atoms with Crippen molar-refractivity contribution >= 4 is 23.1 Å². The molecule has 0 aromatic rings. The lowest BCUT2D eigenvalue weighted by Crippen LogP contribution is -2.60. The van der Waals surface area contributed by atoms with Crippen molar-refractivity contribution in [1.82, 2.24) is 0 Å². The molecule has 1 N–H and O–H groups in total. The maximum absolute atomic E-state index is 13.1. The summed E-state index contributed by atoms with van der Waals surface area (Å²) < 4.78 is 0. The molecule has 0 spiro atoms. The minimum atomic E-state index is -1.41. The molecule has 4 rings (SSSR count). The molecule has 3 saturated carbocycles. The van der Waals surface area contributed by atoms with Gasteiger partial charge < -0.3 is 5.11 Å². The maximum Gasteiger partial charge on any atom is 0.225 e. The van der Waals surface area contributed by atoms with Crippen molar-refractivity contribution in [2.75, 3.05) is 0 Å². The molecule has 0 aliphatic heterocycles. The predicted molar refractivity (Wildman–Crippen MR) is 93.1 cm³/mol. The second kappa shape index (κ2) is 5.22. The van der Waals surface area contributed by atoms with Crippen LogP contribution in [-0.2, 0) is 19.2 Å². The highest BCUT2D eigenvalue weighted by Crippen LogP contribution is 2.66. The third kappa shape index (κ3) is 1.90. The molecule has 0 bridgehead atoms. The Bertz CT molecular complexity index is 779. The van der Waals surface area contributed by atoms with Crippen LogP contribution in [0.2, 0.25) is 0 Å². The Morgan fingerprint density at radius 2 is 1.73 bits per heavy atom. The van der Waals surface area contributed by atoms with E-state index >= 15 is 0 Å². The number of carbonyl (C=O) groups is 4. The quantitative estimate of drug-likeness (QED) is 0.726. The van der Waals surface area contributed by atoms with Crippen molar-refractivity contribution < 1.29 is 24.3 Å². The molecule has 6 atom stereocenters. The molecule has 0 amide bonds. The first-order chi connectivity index (χ1) is 12.1. The van der Waals surface area contributed by atoms with Crippen LogP contribution in [0.1, 0.15) is 59.3 Å². The van der Waals surface area contributed by atoms with Gasteiger partial charge in [-0.3, -0.25) is 19.2 Å². The summed E-state index contributed by atoms with van der Waals surface area (Å²) in [6.45, 7) is 5.35. The van der Waals surface area contributed by atoms with Gasteiger partial charge in [-0.15, -0.1) is 0 Å². The fraction of sp³-hybridized carbons (Fsp3) is 0.714. The van der Waals surface area contributed by atoms with Crippen LogP contribution in [0.25, 0.3) is 0 Å². The van der Waals surface area contributed by atoms with Crippen molar-refractivity contribution in [3.63, 3.8) is 0 Å². The molecule has 0 saturated heterocycles. The van der Waals surface area contributed by atoms with Gasteiger partial charge >= 0.3 is 0 Å². The topological polar surface area (TPSA) is 88.5 Å². The van der Waals surface area contributed by atoms with Gasteiger partial charge in [0, 0.05) is 28.7 Å². The molecule has 4 aliphatic rings. The number of allylic oxidation sites excluding steroid dienone is 1. The predicted octanol–water partition coefficient (Wildman–Crippen LogP) is 2.20. The van der Waals surface area contributed by atoms with Gasteiger partial charge in [0.1, 0.15) is 5.60 Å². The summed E-state index contributed by atoms with van der Waals surface area (Å²) in [5.41, 5.74) is -2.14. The van der Waals surface area contributed by atoms with E-state index in [1.54, 1.807) is 0 Å². The average Bonchev–Trinajstić information content (AvgIpc) is 2.87. The molecular weight excluding hydrogens is 332 g/mol. The lowest BCUT2D eigenvalue weighted by atomic mass is 9.45. The van der Waals surface area contributed by atoms with E-state index in [1.807, 2.05) is 13.8 Å². The van der Waals surface area contributed by atoms with E-state index in [1.165, 1.54) is 13.0 Å². The summed E-state index contributed by atoms with van der Waals surface area (Å²) in [7, 11) is 0. The van der Waals surface area contributed by atoms with Crippen LogP contribution >= 0.6 is 0 Å². The van der Waals surface area contributed by atoms with Gasteiger partial charge in [-0.1, -0.05) is 13.8 Å². The summed E-state index contributed by atoms with van der Waals surface area (Å²) in [5.74, 6) is -1.89. The second-order valence-corrected chi connectivity index (χ2v) is 9.29. The summed E-state index contributed by atoms with van der Waals surface area (Å²) in [6.07, 6.45) is 4.69. The minimum Gasteiger partial charge on any atom is -0.382 e. The van der Waals surface area contributed by atoms with E-state index < -0.39 is 33.9 Å². The van der Waals surface area contributed by atoms with Gasteiger partial charge in [-0.2, -0.15) is 0 Å². The number of Topliss-reactive ketones (excluding diaryl/α,β-unsaturated/α-hetero) is 3. The number of rotatable bonds is 1. The van der Waals surface area contributed by atoms with Crippen molar-refractivity contribution in [3.05, 3.63) is 11.6 Å². The van der Waals surface area contributed by atoms with Gasteiger partial charge in [0.05, 0.1) is 0 Å². The summed E-state index contributed by atoms with van der Waals surface area (Å²) in [5, 5.41) is 11.1. The number of fused-ring (bicyclic) bond motifs is 5.